The van der Waals surface area contributed by atoms with Gasteiger partial charge in [-0.25, -0.2) is 0 Å². The minimum absolute atomic E-state index is 0.00495. The van der Waals surface area contributed by atoms with Crippen molar-refractivity contribution in [3.63, 3.8) is 0 Å². The molecule has 0 unspecified atom stereocenters. The molecule has 0 aliphatic carbocycles. The fraction of sp³-hybridized carbons (Fsp3) is 0.125. The Morgan fingerprint density at radius 1 is 1.25 bits per heavy atom. The van der Waals surface area contributed by atoms with Crippen molar-refractivity contribution in [2.75, 3.05) is 4.90 Å². The molecule has 0 saturated carbocycles. The van der Waals surface area contributed by atoms with Crippen LogP contribution in [0.5, 0.6) is 0 Å². The molecule has 6 nitrogen and oxygen atoms in total. The van der Waals surface area contributed by atoms with Gasteiger partial charge < -0.3 is 0 Å². The molecule has 0 radical (unpaired) electrons. The van der Waals surface area contributed by atoms with Crippen LogP contribution in [0, 0.1) is 6.92 Å². The fourth-order valence-corrected chi connectivity index (χ4v) is 2.80. The first-order chi connectivity index (χ1) is 11.4. The molecule has 1 aromatic carbocycles. The normalized spacial score (nSPS) is 16.7. The van der Waals surface area contributed by atoms with Gasteiger partial charge >= 0.3 is 0 Å². The number of rotatable bonds is 2. The summed E-state index contributed by atoms with van der Waals surface area (Å²) in [7, 11) is 1.77. The Labute approximate surface area is 148 Å². The summed E-state index contributed by atoms with van der Waals surface area (Å²) >= 11 is 11.0. The van der Waals surface area contributed by atoms with Crippen molar-refractivity contribution in [1.82, 2.24) is 15.1 Å². The van der Waals surface area contributed by atoms with Gasteiger partial charge in [-0.2, -0.15) is 5.10 Å². The molecular weight excluding hydrogens is 348 g/mol. The Morgan fingerprint density at radius 2 is 1.92 bits per heavy atom. The molecule has 1 fully saturated rings. The van der Waals surface area contributed by atoms with E-state index < -0.39 is 11.8 Å². The molecule has 0 spiro atoms. The number of hydrogen-bond donors (Lipinski definition) is 1. The summed E-state index contributed by atoms with van der Waals surface area (Å²) in [6, 6.07) is 6.63. The number of amides is 2. The molecule has 8 heteroatoms. The lowest BCUT2D eigenvalue weighted by atomic mass is 10.1. The first-order valence-electron chi connectivity index (χ1n) is 7.04. The third-order valence-electron chi connectivity index (χ3n) is 3.54. The zero-order chi connectivity index (χ0) is 17.4. The van der Waals surface area contributed by atoms with Crippen LogP contribution in [0.2, 0.25) is 5.02 Å². The number of hydrogen-bond acceptors (Lipinski definition) is 4. The van der Waals surface area contributed by atoms with Crippen LogP contribution in [0.4, 0.5) is 5.69 Å². The molecule has 1 aliphatic heterocycles. The van der Waals surface area contributed by atoms with Gasteiger partial charge in [-0.15, -0.1) is 0 Å². The van der Waals surface area contributed by atoms with Crippen LogP contribution in [-0.2, 0) is 16.6 Å². The van der Waals surface area contributed by atoms with Crippen molar-refractivity contribution >= 4 is 52.5 Å². The maximum Gasteiger partial charge on any atom is 0.270 e. The summed E-state index contributed by atoms with van der Waals surface area (Å²) in [4.78, 5) is 26.3. The number of aromatic nitrogens is 2. The molecule has 2 amide bonds. The number of carbonyl (C=O) groups excluding carboxylic acids is 2. The van der Waals surface area contributed by atoms with Crippen LogP contribution in [0.3, 0.4) is 0 Å². The number of thiocarbonyl (C=S) groups is 1. The van der Waals surface area contributed by atoms with E-state index in [1.54, 1.807) is 49.1 Å². The standard InChI is InChI=1S/C16H13ClN4O2S/c1-9-10(8-20(2)19-9)7-13-14(22)18-16(24)21(15(13)23)12-5-3-11(17)4-6-12/h3-8H,1-2H3,(H,18,22,24)/b13-7+. The van der Waals surface area contributed by atoms with E-state index in [2.05, 4.69) is 10.4 Å². The smallest absolute Gasteiger partial charge is 0.270 e. The minimum atomic E-state index is -0.529. The van der Waals surface area contributed by atoms with E-state index >= 15 is 0 Å². The highest BCUT2D eigenvalue weighted by Crippen LogP contribution is 2.24. The molecule has 0 bridgehead atoms. The molecule has 3 rings (SSSR count). The van der Waals surface area contributed by atoms with Crippen molar-refractivity contribution in [2.24, 2.45) is 7.05 Å². The monoisotopic (exact) mass is 360 g/mol. The molecule has 122 valence electrons. The summed E-state index contributed by atoms with van der Waals surface area (Å²) in [5.74, 6) is -1.02. The molecule has 0 atom stereocenters. The molecule has 1 saturated heterocycles. The Morgan fingerprint density at radius 3 is 2.50 bits per heavy atom. The second-order valence-corrected chi connectivity index (χ2v) is 6.10. The molecule has 2 heterocycles. The van der Waals surface area contributed by atoms with Crippen LogP contribution in [-0.4, -0.2) is 26.7 Å². The van der Waals surface area contributed by atoms with Gasteiger partial charge in [-0.3, -0.25) is 24.5 Å². The van der Waals surface area contributed by atoms with Gasteiger partial charge in [-0.1, -0.05) is 11.6 Å². The van der Waals surface area contributed by atoms with Gasteiger partial charge in [0.05, 0.1) is 11.4 Å². The molecule has 24 heavy (non-hydrogen) atoms. The van der Waals surface area contributed by atoms with Crippen molar-refractivity contribution in [3.05, 3.63) is 52.3 Å². The lowest BCUT2D eigenvalue weighted by Gasteiger charge is -2.28. The number of anilines is 1. The van der Waals surface area contributed by atoms with Gasteiger partial charge in [0, 0.05) is 23.8 Å². The van der Waals surface area contributed by atoms with Crippen LogP contribution in [0.15, 0.2) is 36.0 Å². The van der Waals surface area contributed by atoms with Gasteiger partial charge in [-0.05, 0) is 49.5 Å². The van der Waals surface area contributed by atoms with E-state index in [0.717, 1.165) is 5.69 Å². The third kappa shape index (κ3) is 2.95. The Balaban J connectivity index is 2.03. The number of aryl methyl sites for hydroxylation is 2. The van der Waals surface area contributed by atoms with Gasteiger partial charge in [0.15, 0.2) is 5.11 Å². The zero-order valence-electron chi connectivity index (χ0n) is 12.9. The first-order valence-corrected chi connectivity index (χ1v) is 7.82. The number of benzene rings is 1. The zero-order valence-corrected chi connectivity index (χ0v) is 14.5. The van der Waals surface area contributed by atoms with E-state index in [9.17, 15) is 9.59 Å². The molecular formula is C16H13ClN4O2S. The Kier molecular flexibility index (Phi) is 4.21. The maximum atomic E-state index is 12.8. The summed E-state index contributed by atoms with van der Waals surface area (Å²) in [5.41, 5.74) is 1.94. The highest BCUT2D eigenvalue weighted by atomic mass is 35.5. The number of nitrogens with one attached hydrogen (secondary N) is 1. The maximum absolute atomic E-state index is 12.8. The van der Waals surface area contributed by atoms with Crippen LogP contribution in [0.1, 0.15) is 11.3 Å². The van der Waals surface area contributed by atoms with Crippen LogP contribution < -0.4 is 10.2 Å². The molecule has 1 N–H and O–H groups in total. The Hall–Kier alpha value is -2.51. The quantitative estimate of drug-likeness (QED) is 0.506. The predicted octanol–water partition coefficient (Wildman–Crippen LogP) is 2.21. The van der Waals surface area contributed by atoms with E-state index in [-0.39, 0.29) is 10.7 Å². The summed E-state index contributed by atoms with van der Waals surface area (Å²) < 4.78 is 1.62. The minimum Gasteiger partial charge on any atom is -0.298 e. The molecule has 1 aliphatic rings. The third-order valence-corrected chi connectivity index (χ3v) is 4.07. The second kappa shape index (κ2) is 6.18. The van der Waals surface area contributed by atoms with Gasteiger partial charge in [0.2, 0.25) is 0 Å². The second-order valence-electron chi connectivity index (χ2n) is 5.28. The summed E-state index contributed by atoms with van der Waals surface area (Å²) in [5, 5.41) is 7.32. The van der Waals surface area contributed by atoms with E-state index in [1.807, 2.05) is 0 Å². The highest BCUT2D eigenvalue weighted by Gasteiger charge is 2.34. The van der Waals surface area contributed by atoms with Crippen LogP contribution >= 0.6 is 23.8 Å². The lowest BCUT2D eigenvalue weighted by Crippen LogP contribution is -2.54. The topological polar surface area (TPSA) is 67.2 Å². The average molecular weight is 361 g/mol. The molecule has 1 aromatic heterocycles. The Bertz CT molecular complexity index is 886. The van der Waals surface area contributed by atoms with E-state index in [1.165, 1.54) is 11.0 Å². The summed E-state index contributed by atoms with van der Waals surface area (Å²) in [6.45, 7) is 1.80. The van der Waals surface area contributed by atoms with Gasteiger partial charge in [0.1, 0.15) is 5.57 Å². The SMILES string of the molecule is Cc1nn(C)cc1/C=C1\C(=O)NC(=S)N(c2ccc(Cl)cc2)C1=O. The lowest BCUT2D eigenvalue weighted by molar-refractivity contribution is -0.122. The first kappa shape index (κ1) is 16.4. The fourth-order valence-electron chi connectivity index (χ4n) is 2.40. The van der Waals surface area contributed by atoms with Crippen LogP contribution in [0.25, 0.3) is 6.08 Å². The average Bonchev–Trinajstić information content (AvgIpc) is 2.83. The van der Waals surface area contributed by atoms with Crippen molar-refractivity contribution in [1.29, 1.82) is 0 Å². The number of carbonyl (C=O) groups is 2. The number of nitrogens with zero attached hydrogens (tertiary/aromatic N) is 3. The largest absolute Gasteiger partial charge is 0.298 e. The van der Waals surface area contributed by atoms with Crippen molar-refractivity contribution in [3.8, 4) is 0 Å². The predicted molar refractivity (Wildman–Crippen MR) is 95.6 cm³/mol. The van der Waals surface area contributed by atoms with Gasteiger partial charge in [0.25, 0.3) is 11.8 Å². The van der Waals surface area contributed by atoms with E-state index in [0.29, 0.717) is 16.3 Å². The summed E-state index contributed by atoms with van der Waals surface area (Å²) in [6.07, 6.45) is 3.26. The van der Waals surface area contributed by atoms with E-state index in [4.69, 9.17) is 23.8 Å². The highest BCUT2D eigenvalue weighted by molar-refractivity contribution is 7.80. The van der Waals surface area contributed by atoms with Crippen molar-refractivity contribution in [2.45, 2.75) is 6.92 Å². The van der Waals surface area contributed by atoms with Crippen molar-refractivity contribution < 1.29 is 9.59 Å². The molecule has 2 aromatic rings. The number of halogens is 1.